The molecule has 2 aromatic heterocycles. The molecule has 0 spiro atoms. The number of rotatable bonds is 3. The van der Waals surface area contributed by atoms with E-state index in [-0.39, 0.29) is 11.5 Å². The van der Waals surface area contributed by atoms with E-state index in [9.17, 15) is 13.9 Å². The number of aromatic amines is 1. The van der Waals surface area contributed by atoms with Crippen molar-refractivity contribution in [3.63, 3.8) is 0 Å². The molecule has 1 unspecified atom stereocenters. The summed E-state index contributed by atoms with van der Waals surface area (Å²) in [5.41, 5.74) is 1.41. The van der Waals surface area contributed by atoms with Crippen molar-refractivity contribution in [2.75, 3.05) is 18.0 Å². The van der Waals surface area contributed by atoms with Gasteiger partial charge in [0.15, 0.2) is 11.5 Å². The maximum atomic E-state index is 13.9. The Bertz CT molecular complexity index is 892. The van der Waals surface area contributed by atoms with Crippen molar-refractivity contribution in [2.24, 2.45) is 5.92 Å². The molecule has 0 amide bonds. The van der Waals surface area contributed by atoms with Gasteiger partial charge in [-0.05, 0) is 37.0 Å². The minimum atomic E-state index is -1.02. The monoisotopic (exact) mass is 345 g/mol. The van der Waals surface area contributed by atoms with E-state index in [0.717, 1.165) is 29.5 Å². The number of nitrogens with zero attached hydrogens (tertiary/aromatic N) is 4. The summed E-state index contributed by atoms with van der Waals surface area (Å²) >= 11 is 0. The standard InChI is InChI=1S/C17H17F2N5O/c18-11-1-2-13(19)12(7-11)15(25)10-3-5-24(6-4-10)17-14-16(21-8-20-14)22-9-23-17/h1-2,7-10,15,25H,3-6H2,(H,20,21,22,23). The predicted octanol–water partition coefficient (Wildman–Crippen LogP) is 2.58. The molecule has 1 aliphatic rings. The number of anilines is 1. The number of aliphatic hydroxyl groups is 1. The first-order chi connectivity index (χ1) is 12.1. The van der Waals surface area contributed by atoms with Gasteiger partial charge in [-0.15, -0.1) is 0 Å². The van der Waals surface area contributed by atoms with Crippen LogP contribution in [-0.4, -0.2) is 38.1 Å². The summed E-state index contributed by atoms with van der Waals surface area (Å²) in [5, 5.41) is 10.5. The summed E-state index contributed by atoms with van der Waals surface area (Å²) in [5.74, 6) is -0.485. The lowest BCUT2D eigenvalue weighted by Gasteiger charge is -2.35. The van der Waals surface area contributed by atoms with Crippen LogP contribution in [0.1, 0.15) is 24.5 Å². The van der Waals surface area contributed by atoms with Gasteiger partial charge in [-0.25, -0.2) is 23.7 Å². The largest absolute Gasteiger partial charge is 0.388 e. The molecule has 3 aromatic rings. The Morgan fingerprint density at radius 2 is 1.96 bits per heavy atom. The van der Waals surface area contributed by atoms with Gasteiger partial charge in [0, 0.05) is 18.7 Å². The molecule has 0 saturated carbocycles. The Morgan fingerprint density at radius 1 is 1.16 bits per heavy atom. The van der Waals surface area contributed by atoms with Gasteiger partial charge in [0.05, 0.1) is 12.4 Å². The first kappa shape index (κ1) is 15.9. The van der Waals surface area contributed by atoms with Crippen molar-refractivity contribution in [1.29, 1.82) is 0 Å². The zero-order valence-corrected chi connectivity index (χ0v) is 13.4. The lowest BCUT2D eigenvalue weighted by atomic mass is 9.87. The molecule has 8 heteroatoms. The maximum absolute atomic E-state index is 13.9. The van der Waals surface area contributed by atoms with Gasteiger partial charge in [0.2, 0.25) is 0 Å². The molecule has 0 radical (unpaired) electrons. The van der Waals surface area contributed by atoms with E-state index in [1.54, 1.807) is 6.33 Å². The molecule has 1 fully saturated rings. The normalized spacial score (nSPS) is 17.2. The van der Waals surface area contributed by atoms with Crippen LogP contribution in [0.15, 0.2) is 30.9 Å². The number of benzene rings is 1. The minimum Gasteiger partial charge on any atom is -0.388 e. The predicted molar refractivity (Wildman–Crippen MR) is 87.9 cm³/mol. The Labute approximate surface area is 142 Å². The lowest BCUT2D eigenvalue weighted by Crippen LogP contribution is -2.36. The summed E-state index contributed by atoms with van der Waals surface area (Å²) in [6.45, 7) is 1.31. The Morgan fingerprint density at radius 3 is 2.76 bits per heavy atom. The number of nitrogens with one attached hydrogen (secondary N) is 1. The topological polar surface area (TPSA) is 77.9 Å². The number of aromatic nitrogens is 4. The molecule has 4 rings (SSSR count). The van der Waals surface area contributed by atoms with Crippen molar-refractivity contribution in [3.05, 3.63) is 48.1 Å². The SMILES string of the molecule is OC(c1cc(F)ccc1F)C1CCN(c2ncnc3nc[nH]c23)CC1. The van der Waals surface area contributed by atoms with Crippen LogP contribution in [0.4, 0.5) is 14.6 Å². The van der Waals surface area contributed by atoms with Crippen molar-refractivity contribution < 1.29 is 13.9 Å². The van der Waals surface area contributed by atoms with Crippen LogP contribution in [0.2, 0.25) is 0 Å². The molecule has 25 heavy (non-hydrogen) atoms. The van der Waals surface area contributed by atoms with Crippen molar-refractivity contribution in [1.82, 2.24) is 19.9 Å². The highest BCUT2D eigenvalue weighted by Gasteiger charge is 2.29. The van der Waals surface area contributed by atoms with Crippen LogP contribution in [0.5, 0.6) is 0 Å². The average molecular weight is 345 g/mol. The second kappa shape index (κ2) is 6.36. The molecular weight excluding hydrogens is 328 g/mol. The quantitative estimate of drug-likeness (QED) is 0.763. The summed E-state index contributed by atoms with van der Waals surface area (Å²) in [6, 6.07) is 3.18. The molecule has 0 bridgehead atoms. The summed E-state index contributed by atoms with van der Waals surface area (Å²) in [7, 11) is 0. The van der Waals surface area contributed by atoms with Gasteiger partial charge < -0.3 is 15.0 Å². The number of fused-ring (bicyclic) bond motifs is 1. The van der Waals surface area contributed by atoms with Crippen LogP contribution in [0, 0.1) is 17.6 Å². The van der Waals surface area contributed by atoms with E-state index in [1.807, 2.05) is 0 Å². The molecule has 1 aromatic carbocycles. The van der Waals surface area contributed by atoms with Gasteiger partial charge in [0.1, 0.15) is 23.5 Å². The molecule has 130 valence electrons. The van der Waals surface area contributed by atoms with Crippen LogP contribution in [-0.2, 0) is 0 Å². The van der Waals surface area contributed by atoms with Crippen LogP contribution in [0.3, 0.4) is 0 Å². The zero-order valence-electron chi connectivity index (χ0n) is 13.4. The number of aliphatic hydroxyl groups excluding tert-OH is 1. The summed E-state index contributed by atoms with van der Waals surface area (Å²) in [6.07, 6.45) is 3.33. The fourth-order valence-corrected chi connectivity index (χ4v) is 3.41. The lowest BCUT2D eigenvalue weighted by molar-refractivity contribution is 0.0892. The van der Waals surface area contributed by atoms with Gasteiger partial charge >= 0.3 is 0 Å². The van der Waals surface area contributed by atoms with Gasteiger partial charge in [-0.1, -0.05) is 0 Å². The smallest absolute Gasteiger partial charge is 0.182 e. The van der Waals surface area contributed by atoms with Gasteiger partial charge in [0.25, 0.3) is 0 Å². The fourth-order valence-electron chi connectivity index (χ4n) is 3.41. The average Bonchev–Trinajstić information content (AvgIpc) is 3.12. The molecule has 1 saturated heterocycles. The minimum absolute atomic E-state index is 0.0245. The molecular formula is C17H17F2N5O. The van der Waals surface area contributed by atoms with Gasteiger partial charge in [-0.3, -0.25) is 0 Å². The van der Waals surface area contributed by atoms with Crippen molar-refractivity contribution >= 4 is 17.0 Å². The van der Waals surface area contributed by atoms with E-state index in [1.165, 1.54) is 6.33 Å². The number of imidazole rings is 1. The third kappa shape index (κ3) is 2.93. The van der Waals surface area contributed by atoms with Gasteiger partial charge in [-0.2, -0.15) is 0 Å². The second-order valence-corrected chi connectivity index (χ2v) is 6.23. The molecule has 1 aliphatic heterocycles. The number of halogens is 2. The highest BCUT2D eigenvalue weighted by atomic mass is 19.1. The van der Waals surface area contributed by atoms with E-state index in [2.05, 4.69) is 24.8 Å². The zero-order chi connectivity index (χ0) is 17.4. The highest BCUT2D eigenvalue weighted by molar-refractivity contribution is 5.82. The van der Waals surface area contributed by atoms with Crippen molar-refractivity contribution in [3.8, 4) is 0 Å². The Balaban J connectivity index is 1.50. The fraction of sp³-hybridized carbons (Fsp3) is 0.353. The molecule has 1 atom stereocenters. The van der Waals surface area contributed by atoms with Crippen LogP contribution >= 0.6 is 0 Å². The molecule has 6 nitrogen and oxygen atoms in total. The highest BCUT2D eigenvalue weighted by Crippen LogP contribution is 2.34. The number of hydrogen-bond acceptors (Lipinski definition) is 5. The van der Waals surface area contributed by atoms with E-state index < -0.39 is 17.7 Å². The van der Waals surface area contributed by atoms with E-state index >= 15 is 0 Å². The molecule has 3 heterocycles. The van der Waals surface area contributed by atoms with E-state index in [0.29, 0.717) is 31.6 Å². The van der Waals surface area contributed by atoms with E-state index in [4.69, 9.17) is 0 Å². The Hall–Kier alpha value is -2.61. The molecule has 0 aliphatic carbocycles. The number of hydrogen-bond donors (Lipinski definition) is 2. The first-order valence-electron chi connectivity index (χ1n) is 8.15. The Kier molecular flexibility index (Phi) is 4.04. The molecule has 2 N–H and O–H groups in total. The number of H-pyrrole nitrogens is 1. The second-order valence-electron chi connectivity index (χ2n) is 6.23. The first-order valence-corrected chi connectivity index (χ1v) is 8.15. The van der Waals surface area contributed by atoms with Crippen LogP contribution in [0.25, 0.3) is 11.2 Å². The van der Waals surface area contributed by atoms with Crippen molar-refractivity contribution in [2.45, 2.75) is 18.9 Å². The third-order valence-electron chi connectivity index (χ3n) is 4.77. The summed E-state index contributed by atoms with van der Waals surface area (Å²) in [4.78, 5) is 17.7. The third-order valence-corrected chi connectivity index (χ3v) is 4.77. The number of piperidine rings is 1. The summed E-state index contributed by atoms with van der Waals surface area (Å²) < 4.78 is 27.3. The van der Waals surface area contributed by atoms with Crippen LogP contribution < -0.4 is 4.90 Å². The maximum Gasteiger partial charge on any atom is 0.182 e.